The Labute approximate surface area is 298 Å². The lowest BCUT2D eigenvalue weighted by molar-refractivity contribution is 0.599. The summed E-state index contributed by atoms with van der Waals surface area (Å²) in [6.07, 6.45) is 16.9. The zero-order valence-electron chi connectivity index (χ0n) is 28.4. The molecule has 3 nitrogen and oxygen atoms in total. The average molecular weight is 656 g/mol. The largest absolute Gasteiger partial charge is 0.337 e. The van der Waals surface area contributed by atoms with Gasteiger partial charge in [0.15, 0.2) is 0 Å². The zero-order valence-corrected chi connectivity index (χ0v) is 28.4. The van der Waals surface area contributed by atoms with E-state index in [9.17, 15) is 0 Å². The molecule has 2 heterocycles. The standard InChI is InChI=1S/C48H37N3/c1-5-15-36(16-6-1)49(37-17-7-2-8-18-37)40-28-25-34(26-29-40)35-27-30-46-42(31-35)44-33-47-43(32-48(44)51(46)39-21-11-4-12-22-39)41-23-13-14-24-45(41)50(47)38-19-9-3-10-20-38/h1-13,15-19,21-23,25-33,38H,14,20,24H2. The van der Waals surface area contributed by atoms with E-state index >= 15 is 0 Å². The Morgan fingerprint density at radius 3 is 1.88 bits per heavy atom. The Morgan fingerprint density at radius 2 is 1.18 bits per heavy atom. The minimum atomic E-state index is 0.327. The van der Waals surface area contributed by atoms with Gasteiger partial charge in [0.25, 0.3) is 0 Å². The predicted molar refractivity (Wildman–Crippen MR) is 216 cm³/mol. The first-order valence-corrected chi connectivity index (χ1v) is 18.0. The number of aromatic nitrogens is 2. The lowest BCUT2D eigenvalue weighted by atomic mass is 10.00. The SMILES string of the molecule is C1=CCC(n2c3c(c4cc5c(cc42)c2cc(-c4ccc(N(c6ccccc6)c6ccccc6)cc4)ccc2n5-c2ccccc2)C=CCC3)C=C1. The second kappa shape index (κ2) is 12.2. The van der Waals surface area contributed by atoms with Gasteiger partial charge in [0.05, 0.1) is 22.6 Å². The molecule has 6 aromatic carbocycles. The van der Waals surface area contributed by atoms with Crippen molar-refractivity contribution in [3.8, 4) is 16.8 Å². The van der Waals surface area contributed by atoms with E-state index in [0.717, 1.165) is 36.3 Å². The van der Waals surface area contributed by atoms with Crippen molar-refractivity contribution < 1.29 is 0 Å². The Hall–Kier alpha value is -6.32. The molecule has 0 amide bonds. The van der Waals surface area contributed by atoms with Crippen LogP contribution < -0.4 is 4.90 Å². The van der Waals surface area contributed by atoms with Crippen LogP contribution in [0.15, 0.2) is 176 Å². The molecule has 3 heteroatoms. The van der Waals surface area contributed by atoms with Crippen LogP contribution in [0.5, 0.6) is 0 Å². The Morgan fingerprint density at radius 1 is 0.529 bits per heavy atom. The molecule has 0 bridgehead atoms. The zero-order chi connectivity index (χ0) is 33.7. The monoisotopic (exact) mass is 655 g/mol. The lowest BCUT2D eigenvalue weighted by Gasteiger charge is -2.25. The average Bonchev–Trinajstić information content (AvgIpc) is 3.70. The molecular formula is C48H37N3. The number of allylic oxidation sites excluding steroid dienone is 5. The third-order valence-electron chi connectivity index (χ3n) is 10.7. The fraction of sp³-hybridized carbons (Fsp3) is 0.0833. The summed E-state index contributed by atoms with van der Waals surface area (Å²) >= 11 is 0. The number of rotatable bonds is 6. The van der Waals surface area contributed by atoms with Crippen molar-refractivity contribution in [1.29, 1.82) is 0 Å². The van der Waals surface area contributed by atoms with E-state index in [1.165, 1.54) is 60.8 Å². The minimum Gasteiger partial charge on any atom is -0.337 e. The second-order valence-corrected chi connectivity index (χ2v) is 13.6. The van der Waals surface area contributed by atoms with Crippen molar-refractivity contribution in [2.24, 2.45) is 0 Å². The van der Waals surface area contributed by atoms with Gasteiger partial charge in [-0.2, -0.15) is 0 Å². The number of fused-ring (bicyclic) bond motifs is 6. The van der Waals surface area contributed by atoms with Crippen LogP contribution in [0.1, 0.15) is 30.1 Å². The van der Waals surface area contributed by atoms with E-state index in [0.29, 0.717) is 6.04 Å². The molecule has 2 aliphatic carbocycles. The van der Waals surface area contributed by atoms with Gasteiger partial charge in [0.2, 0.25) is 0 Å². The van der Waals surface area contributed by atoms with Crippen LogP contribution in [0.25, 0.3) is 55.6 Å². The maximum Gasteiger partial charge on any atom is 0.0557 e. The van der Waals surface area contributed by atoms with Crippen LogP contribution in [-0.2, 0) is 6.42 Å². The third-order valence-corrected chi connectivity index (χ3v) is 10.7. The van der Waals surface area contributed by atoms with E-state index in [-0.39, 0.29) is 0 Å². The van der Waals surface area contributed by atoms with Gasteiger partial charge in [-0.1, -0.05) is 109 Å². The molecule has 0 saturated carbocycles. The van der Waals surface area contributed by atoms with E-state index in [2.05, 4.69) is 196 Å². The van der Waals surface area contributed by atoms with Crippen LogP contribution in [-0.4, -0.2) is 9.13 Å². The van der Waals surface area contributed by atoms with Gasteiger partial charge in [-0.15, -0.1) is 0 Å². The van der Waals surface area contributed by atoms with Crippen molar-refractivity contribution in [1.82, 2.24) is 9.13 Å². The van der Waals surface area contributed by atoms with Gasteiger partial charge in [0.1, 0.15) is 0 Å². The first kappa shape index (κ1) is 29.6. The number of hydrogen-bond donors (Lipinski definition) is 0. The molecule has 10 rings (SSSR count). The van der Waals surface area contributed by atoms with E-state index < -0.39 is 0 Å². The molecule has 0 spiro atoms. The summed E-state index contributed by atoms with van der Waals surface area (Å²) in [5.41, 5.74) is 13.6. The Kier molecular flexibility index (Phi) is 7.09. The quantitative estimate of drug-likeness (QED) is 0.174. The second-order valence-electron chi connectivity index (χ2n) is 13.6. The molecule has 0 aliphatic heterocycles. The van der Waals surface area contributed by atoms with Crippen LogP contribution in [0.2, 0.25) is 0 Å². The molecule has 1 unspecified atom stereocenters. The van der Waals surface area contributed by atoms with Crippen LogP contribution in [0.4, 0.5) is 17.1 Å². The lowest BCUT2D eigenvalue weighted by Crippen LogP contribution is -2.11. The molecule has 0 radical (unpaired) electrons. The van der Waals surface area contributed by atoms with Crippen molar-refractivity contribution >= 4 is 55.8 Å². The number of anilines is 3. The highest BCUT2D eigenvalue weighted by atomic mass is 15.1. The molecule has 0 fully saturated rings. The number of benzene rings is 6. The predicted octanol–water partition coefficient (Wildman–Crippen LogP) is 12.9. The molecule has 244 valence electrons. The summed E-state index contributed by atoms with van der Waals surface area (Å²) in [6.45, 7) is 0. The highest BCUT2D eigenvalue weighted by molar-refractivity contribution is 6.15. The third kappa shape index (κ3) is 4.96. The minimum absolute atomic E-state index is 0.327. The van der Waals surface area contributed by atoms with Crippen molar-refractivity contribution in [2.75, 3.05) is 4.90 Å². The maximum atomic E-state index is 2.63. The van der Waals surface area contributed by atoms with Gasteiger partial charge in [0, 0.05) is 50.2 Å². The van der Waals surface area contributed by atoms with Gasteiger partial charge in [-0.3, -0.25) is 0 Å². The Bertz CT molecular complexity index is 2600. The van der Waals surface area contributed by atoms with Crippen LogP contribution >= 0.6 is 0 Å². The number of hydrogen-bond acceptors (Lipinski definition) is 1. The van der Waals surface area contributed by atoms with Crippen LogP contribution in [0.3, 0.4) is 0 Å². The van der Waals surface area contributed by atoms with Gasteiger partial charge in [-0.25, -0.2) is 0 Å². The molecule has 0 saturated heterocycles. The topological polar surface area (TPSA) is 13.1 Å². The van der Waals surface area contributed by atoms with Crippen molar-refractivity contribution in [3.63, 3.8) is 0 Å². The number of para-hydroxylation sites is 3. The molecule has 8 aromatic rings. The summed E-state index contributed by atoms with van der Waals surface area (Å²) in [5, 5.41) is 3.90. The van der Waals surface area contributed by atoms with E-state index in [1.807, 2.05) is 0 Å². The van der Waals surface area contributed by atoms with Gasteiger partial charge >= 0.3 is 0 Å². The van der Waals surface area contributed by atoms with E-state index in [4.69, 9.17) is 0 Å². The highest BCUT2D eigenvalue weighted by Crippen LogP contribution is 2.43. The summed E-state index contributed by atoms with van der Waals surface area (Å²) in [7, 11) is 0. The summed E-state index contributed by atoms with van der Waals surface area (Å²) in [6, 6.07) is 53.3. The van der Waals surface area contributed by atoms with E-state index in [1.54, 1.807) is 0 Å². The van der Waals surface area contributed by atoms with Crippen molar-refractivity contribution in [2.45, 2.75) is 25.3 Å². The van der Waals surface area contributed by atoms with Crippen molar-refractivity contribution in [3.05, 3.63) is 187 Å². The summed E-state index contributed by atoms with van der Waals surface area (Å²) in [4.78, 5) is 2.31. The Balaban J connectivity index is 1.15. The summed E-state index contributed by atoms with van der Waals surface area (Å²) < 4.78 is 5.08. The molecule has 2 aliphatic rings. The molecule has 51 heavy (non-hydrogen) atoms. The smallest absolute Gasteiger partial charge is 0.0557 e. The number of nitrogens with zero attached hydrogens (tertiary/aromatic N) is 3. The molecular weight excluding hydrogens is 619 g/mol. The molecule has 0 N–H and O–H groups in total. The van der Waals surface area contributed by atoms with Gasteiger partial charge in [-0.05, 0) is 103 Å². The molecule has 2 aromatic heterocycles. The summed E-state index contributed by atoms with van der Waals surface area (Å²) in [5.74, 6) is 0. The fourth-order valence-electron chi connectivity index (χ4n) is 8.34. The first-order chi connectivity index (χ1) is 25.3. The highest BCUT2D eigenvalue weighted by Gasteiger charge is 2.24. The van der Waals surface area contributed by atoms with Crippen LogP contribution in [0, 0.1) is 0 Å². The molecule has 1 atom stereocenters. The van der Waals surface area contributed by atoms with Gasteiger partial charge < -0.3 is 14.0 Å². The first-order valence-electron chi connectivity index (χ1n) is 18.0. The normalized spacial score (nSPS) is 15.2. The maximum absolute atomic E-state index is 2.63. The fourth-order valence-corrected chi connectivity index (χ4v) is 8.34.